The van der Waals surface area contributed by atoms with E-state index in [0.717, 1.165) is 6.33 Å². The zero-order chi connectivity index (χ0) is 22.5. The van der Waals surface area contributed by atoms with E-state index in [4.69, 9.17) is 20.0 Å². The zero-order valence-corrected chi connectivity index (χ0v) is 16.7. The molecule has 0 atom stereocenters. The van der Waals surface area contributed by atoms with E-state index in [-0.39, 0.29) is 35.1 Å². The number of nitro groups is 1. The van der Waals surface area contributed by atoms with Crippen LogP contribution < -0.4 is 9.64 Å². The summed E-state index contributed by atoms with van der Waals surface area (Å²) in [4.78, 5) is 32.0. The first-order chi connectivity index (χ1) is 14.1. The lowest BCUT2D eigenvalue weighted by Crippen LogP contribution is -2.33. The fraction of sp³-hybridized carbons (Fsp3) is 0.316. The average Bonchev–Trinajstić information content (AvgIpc) is 2.65. The molecule has 11 nitrogen and oxygen atoms in total. The lowest BCUT2D eigenvalue weighted by molar-refractivity contribution is -0.385. The van der Waals surface area contributed by atoms with Gasteiger partial charge in [-0.05, 0) is 39.0 Å². The van der Waals surface area contributed by atoms with Crippen molar-refractivity contribution in [3.63, 3.8) is 0 Å². The number of nitriles is 2. The molecule has 0 N–H and O–H groups in total. The van der Waals surface area contributed by atoms with E-state index in [1.807, 2.05) is 12.1 Å². The molecule has 154 valence electrons. The number of anilines is 1. The molecule has 0 aliphatic carbocycles. The van der Waals surface area contributed by atoms with Crippen molar-refractivity contribution in [1.82, 2.24) is 9.97 Å². The maximum atomic E-state index is 12.1. The van der Waals surface area contributed by atoms with Gasteiger partial charge in [0.05, 0.1) is 16.1 Å². The van der Waals surface area contributed by atoms with Gasteiger partial charge in [0, 0.05) is 7.05 Å². The highest BCUT2D eigenvalue weighted by Gasteiger charge is 2.29. The van der Waals surface area contributed by atoms with Gasteiger partial charge in [-0.25, -0.2) is 4.98 Å². The van der Waals surface area contributed by atoms with Crippen LogP contribution >= 0.6 is 0 Å². The highest BCUT2D eigenvalue weighted by molar-refractivity contribution is 5.77. The fourth-order valence-corrected chi connectivity index (χ4v) is 2.40. The Bertz CT molecular complexity index is 1060. The van der Waals surface area contributed by atoms with Gasteiger partial charge < -0.3 is 14.4 Å². The third kappa shape index (κ3) is 5.39. The smallest absolute Gasteiger partial charge is 0.373 e. The van der Waals surface area contributed by atoms with E-state index in [1.54, 1.807) is 20.8 Å². The van der Waals surface area contributed by atoms with Gasteiger partial charge in [-0.1, -0.05) is 0 Å². The number of hydrogen-bond acceptors (Lipinski definition) is 10. The van der Waals surface area contributed by atoms with Crippen LogP contribution in [-0.4, -0.2) is 40.1 Å². The molecule has 0 spiro atoms. The Hall–Kier alpha value is -4.25. The predicted molar refractivity (Wildman–Crippen MR) is 104 cm³/mol. The molecule has 2 aromatic rings. The summed E-state index contributed by atoms with van der Waals surface area (Å²) in [6.45, 7) is 4.83. The number of benzene rings is 1. The number of ether oxygens (including phenoxy) is 2. The Morgan fingerprint density at radius 3 is 2.47 bits per heavy atom. The molecule has 0 bridgehead atoms. The lowest BCUT2D eigenvalue weighted by Gasteiger charge is -2.23. The monoisotopic (exact) mass is 410 g/mol. The van der Waals surface area contributed by atoms with E-state index < -0.39 is 22.2 Å². The molecule has 1 heterocycles. The van der Waals surface area contributed by atoms with Gasteiger partial charge in [0.1, 0.15) is 36.4 Å². The number of esters is 1. The molecule has 0 saturated heterocycles. The van der Waals surface area contributed by atoms with Crippen molar-refractivity contribution in [3.8, 4) is 23.8 Å². The summed E-state index contributed by atoms with van der Waals surface area (Å²) >= 11 is 0. The van der Waals surface area contributed by atoms with Crippen LogP contribution in [-0.2, 0) is 9.53 Å². The summed E-state index contributed by atoms with van der Waals surface area (Å²) < 4.78 is 10.7. The Morgan fingerprint density at radius 1 is 1.23 bits per heavy atom. The summed E-state index contributed by atoms with van der Waals surface area (Å²) in [5, 5.41) is 29.8. The number of nitrogens with zero attached hydrogens (tertiary/aromatic N) is 6. The van der Waals surface area contributed by atoms with Gasteiger partial charge in [0.25, 0.3) is 0 Å². The molecule has 2 rings (SSSR count). The molecule has 1 aromatic heterocycles. The minimum absolute atomic E-state index is 0.0500. The number of hydrogen-bond donors (Lipinski definition) is 0. The van der Waals surface area contributed by atoms with E-state index >= 15 is 0 Å². The molecular formula is C19H18N6O5. The first-order valence-corrected chi connectivity index (χ1v) is 8.60. The minimum Gasteiger partial charge on any atom is -0.459 e. The molecule has 0 aliphatic rings. The van der Waals surface area contributed by atoms with Gasteiger partial charge in [-0.3, -0.25) is 14.9 Å². The quantitative estimate of drug-likeness (QED) is 0.394. The Labute approximate surface area is 172 Å². The molecule has 11 heteroatoms. The molecular weight excluding hydrogens is 392 g/mol. The van der Waals surface area contributed by atoms with Crippen LogP contribution in [0.5, 0.6) is 11.6 Å². The number of rotatable bonds is 6. The second-order valence-corrected chi connectivity index (χ2v) is 7.08. The second kappa shape index (κ2) is 8.84. The van der Waals surface area contributed by atoms with Crippen molar-refractivity contribution in [2.24, 2.45) is 0 Å². The summed E-state index contributed by atoms with van der Waals surface area (Å²) in [5.41, 5.74) is -1.09. The van der Waals surface area contributed by atoms with Crippen molar-refractivity contribution >= 4 is 17.5 Å². The molecule has 0 fully saturated rings. The Morgan fingerprint density at radius 2 is 1.90 bits per heavy atom. The van der Waals surface area contributed by atoms with Crippen LogP contribution in [0.25, 0.3) is 0 Å². The summed E-state index contributed by atoms with van der Waals surface area (Å²) in [5.74, 6) is -1.04. The molecule has 1 aromatic carbocycles. The van der Waals surface area contributed by atoms with Gasteiger partial charge >= 0.3 is 17.5 Å². The molecule has 0 amide bonds. The third-order valence-corrected chi connectivity index (χ3v) is 3.55. The van der Waals surface area contributed by atoms with Gasteiger partial charge in [0.15, 0.2) is 0 Å². The van der Waals surface area contributed by atoms with E-state index in [2.05, 4.69) is 9.97 Å². The number of likely N-dealkylation sites (N-methyl/N-ethyl adjacent to an activating group) is 1. The SMILES string of the molecule is CN(CC(=O)OC(C)(C)C)c1ncnc(Oc2ccc(C#N)c(C#N)c2)c1[N+](=O)[O-]. The van der Waals surface area contributed by atoms with Crippen molar-refractivity contribution in [2.45, 2.75) is 26.4 Å². The van der Waals surface area contributed by atoms with Crippen LogP contribution in [0.15, 0.2) is 24.5 Å². The largest absolute Gasteiger partial charge is 0.459 e. The maximum Gasteiger partial charge on any atom is 0.373 e. The molecule has 0 unspecified atom stereocenters. The molecule has 0 saturated carbocycles. The van der Waals surface area contributed by atoms with E-state index in [0.29, 0.717) is 0 Å². The first-order valence-electron chi connectivity index (χ1n) is 8.60. The average molecular weight is 410 g/mol. The summed E-state index contributed by atoms with van der Waals surface area (Å²) in [7, 11) is 1.44. The first kappa shape index (κ1) is 22.0. The predicted octanol–water partition coefficient (Wildman–Crippen LogP) is 2.70. The van der Waals surface area contributed by atoms with E-state index in [9.17, 15) is 14.9 Å². The molecule has 0 aliphatic heterocycles. The topological polar surface area (TPSA) is 155 Å². The standard InChI is InChI=1S/C19H18N6O5/c1-19(2,3)30-15(26)10-24(4)17-16(25(27)28)18(23-11-22-17)29-14-6-5-12(8-20)13(7-14)9-21/h5-7,11H,10H2,1-4H3. The van der Waals surface area contributed by atoms with Crippen LogP contribution in [0.3, 0.4) is 0 Å². The van der Waals surface area contributed by atoms with Gasteiger partial charge in [-0.15, -0.1) is 0 Å². The summed E-state index contributed by atoms with van der Waals surface area (Å²) in [6, 6.07) is 7.73. The normalized spacial score (nSPS) is 10.5. The van der Waals surface area contributed by atoms with Crippen LogP contribution in [0.1, 0.15) is 31.9 Å². The number of carbonyl (C=O) groups is 1. The summed E-state index contributed by atoms with van der Waals surface area (Å²) in [6.07, 6.45) is 1.05. The number of carbonyl (C=O) groups excluding carboxylic acids is 1. The third-order valence-electron chi connectivity index (χ3n) is 3.55. The highest BCUT2D eigenvalue weighted by atomic mass is 16.6. The maximum absolute atomic E-state index is 12.1. The fourth-order valence-electron chi connectivity index (χ4n) is 2.40. The van der Waals surface area contributed by atoms with Crippen LogP contribution in [0, 0.1) is 32.8 Å². The van der Waals surface area contributed by atoms with Crippen LogP contribution in [0.4, 0.5) is 11.5 Å². The van der Waals surface area contributed by atoms with Crippen molar-refractivity contribution in [2.75, 3.05) is 18.5 Å². The highest BCUT2D eigenvalue weighted by Crippen LogP contribution is 2.36. The van der Waals surface area contributed by atoms with Crippen molar-refractivity contribution < 1.29 is 19.2 Å². The second-order valence-electron chi connectivity index (χ2n) is 7.08. The molecule has 30 heavy (non-hydrogen) atoms. The Kier molecular flexibility index (Phi) is 6.49. The zero-order valence-electron chi connectivity index (χ0n) is 16.7. The van der Waals surface area contributed by atoms with Crippen LogP contribution in [0.2, 0.25) is 0 Å². The Balaban J connectivity index is 2.37. The van der Waals surface area contributed by atoms with Crippen molar-refractivity contribution in [3.05, 3.63) is 45.8 Å². The minimum atomic E-state index is -0.731. The van der Waals surface area contributed by atoms with Gasteiger partial charge in [0.2, 0.25) is 5.82 Å². The lowest BCUT2D eigenvalue weighted by atomic mass is 10.1. The molecule has 0 radical (unpaired) electrons. The van der Waals surface area contributed by atoms with Gasteiger partial charge in [-0.2, -0.15) is 15.5 Å². The van der Waals surface area contributed by atoms with E-state index in [1.165, 1.54) is 30.1 Å². The van der Waals surface area contributed by atoms with Crippen molar-refractivity contribution in [1.29, 1.82) is 10.5 Å². The number of aromatic nitrogens is 2.